The minimum Gasteiger partial charge on any atom is -0.460 e. The van der Waals surface area contributed by atoms with Crippen LogP contribution in [-0.2, 0) is 42.9 Å². The van der Waals surface area contributed by atoms with Crippen LogP contribution in [0.25, 0.3) is 0 Å². The lowest BCUT2D eigenvalue weighted by atomic mass is 9.78. The van der Waals surface area contributed by atoms with Crippen LogP contribution < -0.4 is 5.32 Å². The summed E-state index contributed by atoms with van der Waals surface area (Å²) >= 11 is 0. The fourth-order valence-corrected chi connectivity index (χ4v) is 3.10. The molecule has 0 radical (unpaired) electrons. The van der Waals surface area contributed by atoms with Crippen molar-refractivity contribution in [1.82, 2.24) is 5.32 Å². The lowest BCUT2D eigenvalue weighted by Gasteiger charge is -2.35. The summed E-state index contributed by atoms with van der Waals surface area (Å²) in [6.45, 7) is 21.2. The van der Waals surface area contributed by atoms with E-state index in [1.54, 1.807) is 62.3 Å². The molecule has 0 saturated heterocycles. The number of amides is 1. The summed E-state index contributed by atoms with van der Waals surface area (Å²) in [7, 11) is 0. The highest BCUT2D eigenvalue weighted by molar-refractivity contribution is 6.03. The summed E-state index contributed by atoms with van der Waals surface area (Å²) in [4.78, 5) is 65.3. The van der Waals surface area contributed by atoms with Crippen molar-refractivity contribution in [2.45, 2.75) is 104 Å². The molecule has 0 unspecified atom stereocenters. The van der Waals surface area contributed by atoms with E-state index in [-0.39, 0.29) is 19.6 Å². The summed E-state index contributed by atoms with van der Waals surface area (Å²) in [5.74, 6) is -3.81. The standard InChI is InChI=1S/C28H45NO10/c1-12-16-35-21(31)19(29-24(34)36-17-13-2)14-15-28(22(32)38-26(6,7)8,23(33)39-27(9,10)11)18-20(30)37-25(3,4)5/h12-13,19H,1-2,14-18H2,3-11H3,(H,29,34)/t19-/m0/s1. The summed E-state index contributed by atoms with van der Waals surface area (Å²) < 4.78 is 26.5. The second kappa shape index (κ2) is 14.7. The number of hydrogen-bond acceptors (Lipinski definition) is 10. The van der Waals surface area contributed by atoms with Gasteiger partial charge in [0, 0.05) is 0 Å². The first-order chi connectivity index (χ1) is 17.7. The van der Waals surface area contributed by atoms with Crippen LogP contribution in [0.4, 0.5) is 4.79 Å². The molecule has 0 spiro atoms. The Morgan fingerprint density at radius 1 is 0.718 bits per heavy atom. The molecule has 0 bridgehead atoms. The Bertz CT molecular complexity index is 875. The first kappa shape index (κ1) is 35.6. The summed E-state index contributed by atoms with van der Waals surface area (Å²) in [5.41, 5.74) is -5.20. The van der Waals surface area contributed by atoms with Gasteiger partial charge in [0.25, 0.3) is 0 Å². The molecule has 0 aliphatic carbocycles. The number of rotatable bonds is 13. The molecule has 222 valence electrons. The van der Waals surface area contributed by atoms with Crippen molar-refractivity contribution < 1.29 is 47.7 Å². The van der Waals surface area contributed by atoms with Crippen LogP contribution in [0.15, 0.2) is 25.3 Å². The van der Waals surface area contributed by atoms with Crippen molar-refractivity contribution in [2.75, 3.05) is 13.2 Å². The topological polar surface area (TPSA) is 144 Å². The van der Waals surface area contributed by atoms with Gasteiger partial charge in [-0.15, -0.1) is 0 Å². The van der Waals surface area contributed by atoms with E-state index in [1.807, 2.05) is 0 Å². The molecule has 0 saturated carbocycles. The van der Waals surface area contributed by atoms with Crippen molar-refractivity contribution in [3.8, 4) is 0 Å². The van der Waals surface area contributed by atoms with Gasteiger partial charge in [-0.2, -0.15) is 0 Å². The Morgan fingerprint density at radius 3 is 1.56 bits per heavy atom. The van der Waals surface area contributed by atoms with Gasteiger partial charge >= 0.3 is 30.0 Å². The molecule has 1 amide bonds. The van der Waals surface area contributed by atoms with Gasteiger partial charge in [-0.3, -0.25) is 14.4 Å². The number of esters is 4. The smallest absolute Gasteiger partial charge is 0.408 e. The maximum atomic E-state index is 13.6. The molecule has 0 fully saturated rings. The number of carbonyl (C=O) groups is 5. The molecule has 0 aromatic heterocycles. The van der Waals surface area contributed by atoms with Crippen LogP contribution in [0.2, 0.25) is 0 Å². The maximum Gasteiger partial charge on any atom is 0.408 e. The van der Waals surface area contributed by atoms with Crippen molar-refractivity contribution in [3.63, 3.8) is 0 Å². The predicted molar refractivity (Wildman–Crippen MR) is 143 cm³/mol. The molecule has 0 heterocycles. The van der Waals surface area contributed by atoms with E-state index in [4.69, 9.17) is 23.7 Å². The number of hydrogen-bond donors (Lipinski definition) is 1. The van der Waals surface area contributed by atoms with Crippen LogP contribution in [0.3, 0.4) is 0 Å². The quantitative estimate of drug-likeness (QED) is 0.152. The number of nitrogens with one attached hydrogen (secondary N) is 1. The Hall–Kier alpha value is -3.37. The molecule has 0 aliphatic heterocycles. The highest BCUT2D eigenvalue weighted by Crippen LogP contribution is 2.37. The van der Waals surface area contributed by atoms with Crippen molar-refractivity contribution in [2.24, 2.45) is 5.41 Å². The van der Waals surface area contributed by atoms with Crippen LogP contribution in [0, 0.1) is 5.41 Å². The molecule has 11 heteroatoms. The second-order valence-corrected chi connectivity index (χ2v) is 11.9. The van der Waals surface area contributed by atoms with Gasteiger partial charge in [0.1, 0.15) is 36.1 Å². The minimum atomic E-state index is -2.22. The monoisotopic (exact) mass is 555 g/mol. The van der Waals surface area contributed by atoms with Gasteiger partial charge in [0.15, 0.2) is 5.41 Å². The molecule has 11 nitrogen and oxygen atoms in total. The molecular formula is C28H45NO10. The highest BCUT2D eigenvalue weighted by atomic mass is 16.6. The summed E-state index contributed by atoms with van der Waals surface area (Å²) in [5, 5.41) is 2.36. The lowest BCUT2D eigenvalue weighted by Crippen LogP contribution is -2.50. The second-order valence-electron chi connectivity index (χ2n) is 11.9. The van der Waals surface area contributed by atoms with Gasteiger partial charge in [-0.1, -0.05) is 25.3 Å². The van der Waals surface area contributed by atoms with Gasteiger partial charge in [0.2, 0.25) is 0 Å². The first-order valence-corrected chi connectivity index (χ1v) is 12.7. The third kappa shape index (κ3) is 14.4. The number of ether oxygens (including phenoxy) is 5. The van der Waals surface area contributed by atoms with Gasteiger partial charge in [-0.25, -0.2) is 9.59 Å². The molecular weight excluding hydrogens is 510 g/mol. The number of carbonyl (C=O) groups excluding carboxylic acids is 5. The molecule has 1 N–H and O–H groups in total. The van der Waals surface area contributed by atoms with Crippen LogP contribution in [0.1, 0.15) is 81.6 Å². The zero-order chi connectivity index (χ0) is 30.7. The normalized spacial score (nSPS) is 12.8. The Labute approximate surface area is 231 Å². The largest absolute Gasteiger partial charge is 0.460 e. The van der Waals surface area contributed by atoms with E-state index < -0.39 is 71.1 Å². The Balaban J connectivity index is 6.62. The predicted octanol–water partition coefficient (Wildman–Crippen LogP) is 4.18. The van der Waals surface area contributed by atoms with Gasteiger partial charge in [-0.05, 0) is 75.2 Å². The zero-order valence-electron chi connectivity index (χ0n) is 24.8. The third-order valence-corrected chi connectivity index (χ3v) is 4.56. The van der Waals surface area contributed by atoms with Gasteiger partial charge in [0.05, 0.1) is 6.42 Å². The van der Waals surface area contributed by atoms with Crippen molar-refractivity contribution in [3.05, 3.63) is 25.3 Å². The van der Waals surface area contributed by atoms with Gasteiger partial charge < -0.3 is 29.0 Å². The van der Waals surface area contributed by atoms with Crippen LogP contribution in [0.5, 0.6) is 0 Å². The maximum absolute atomic E-state index is 13.6. The van der Waals surface area contributed by atoms with Crippen LogP contribution >= 0.6 is 0 Å². The Morgan fingerprint density at radius 2 is 1.15 bits per heavy atom. The third-order valence-electron chi connectivity index (χ3n) is 4.56. The Kier molecular flexibility index (Phi) is 13.4. The fourth-order valence-electron chi connectivity index (χ4n) is 3.10. The average molecular weight is 556 g/mol. The molecule has 1 atom stereocenters. The van der Waals surface area contributed by atoms with Crippen molar-refractivity contribution >= 4 is 30.0 Å². The average Bonchev–Trinajstić information content (AvgIpc) is 2.73. The fraction of sp³-hybridized carbons (Fsp3) is 0.679. The van der Waals surface area contributed by atoms with E-state index in [9.17, 15) is 24.0 Å². The zero-order valence-corrected chi connectivity index (χ0v) is 24.8. The van der Waals surface area contributed by atoms with E-state index in [0.717, 1.165) is 0 Å². The van der Waals surface area contributed by atoms with Crippen LogP contribution in [-0.4, -0.2) is 66.0 Å². The lowest BCUT2D eigenvalue weighted by molar-refractivity contribution is -0.191. The molecule has 0 rings (SSSR count). The summed E-state index contributed by atoms with van der Waals surface area (Å²) in [6.07, 6.45) is 0.221. The van der Waals surface area contributed by atoms with E-state index in [0.29, 0.717) is 0 Å². The SMILES string of the molecule is C=CCOC(=O)N[C@@H](CCC(CC(=O)OC(C)(C)C)(C(=O)OC(C)(C)C)C(=O)OC(C)(C)C)C(=O)OCC=C. The minimum absolute atomic E-state index is 0.126. The molecule has 0 aromatic rings. The van der Waals surface area contributed by atoms with E-state index in [1.165, 1.54) is 12.2 Å². The number of alkyl carbamates (subject to hydrolysis) is 1. The molecule has 0 aromatic carbocycles. The van der Waals surface area contributed by atoms with Crippen molar-refractivity contribution in [1.29, 1.82) is 0 Å². The van der Waals surface area contributed by atoms with E-state index >= 15 is 0 Å². The first-order valence-electron chi connectivity index (χ1n) is 12.7. The molecule has 0 aliphatic rings. The van der Waals surface area contributed by atoms with E-state index in [2.05, 4.69) is 18.5 Å². The highest BCUT2D eigenvalue weighted by Gasteiger charge is 2.53. The molecule has 39 heavy (non-hydrogen) atoms. The summed E-state index contributed by atoms with van der Waals surface area (Å²) in [6, 6.07) is -1.36.